The standard InChI is InChI=1S/C13H18N2OS/c17-11-14-12-3-5-13(6-4-12)16-10-9-15-7-1-2-8-15/h3-6,11H,1-2,7-10H2,(H,14,17). The lowest BCUT2D eigenvalue weighted by Gasteiger charge is -2.14. The van der Waals surface area contributed by atoms with E-state index in [9.17, 15) is 0 Å². The van der Waals surface area contributed by atoms with Gasteiger partial charge in [0.1, 0.15) is 12.4 Å². The summed E-state index contributed by atoms with van der Waals surface area (Å²) in [4.78, 5) is 2.45. The summed E-state index contributed by atoms with van der Waals surface area (Å²) in [6.07, 6.45) is 2.66. The molecule has 1 saturated heterocycles. The molecule has 1 aliphatic heterocycles. The number of thiocarbonyl (C=S) groups is 1. The largest absolute Gasteiger partial charge is 0.492 e. The minimum atomic E-state index is 0.764. The predicted molar refractivity (Wildman–Crippen MR) is 74.9 cm³/mol. The van der Waals surface area contributed by atoms with Crippen LogP contribution < -0.4 is 10.1 Å². The van der Waals surface area contributed by atoms with Crippen LogP contribution in [0.15, 0.2) is 24.3 Å². The SMILES string of the molecule is S=CNc1ccc(OCCN2CCCC2)cc1. The molecule has 2 rings (SSSR count). The highest BCUT2D eigenvalue weighted by atomic mass is 32.1. The van der Waals surface area contributed by atoms with E-state index in [1.54, 1.807) is 0 Å². The Labute approximate surface area is 108 Å². The van der Waals surface area contributed by atoms with Crippen LogP contribution in [0, 0.1) is 0 Å². The third-order valence-corrected chi connectivity index (χ3v) is 3.07. The second kappa shape index (κ2) is 6.57. The van der Waals surface area contributed by atoms with Gasteiger partial charge in [-0.2, -0.15) is 0 Å². The number of hydrogen-bond acceptors (Lipinski definition) is 3. The van der Waals surface area contributed by atoms with Crippen LogP contribution in [0.3, 0.4) is 0 Å². The van der Waals surface area contributed by atoms with Gasteiger partial charge in [-0.15, -0.1) is 0 Å². The van der Waals surface area contributed by atoms with Gasteiger partial charge in [-0.05, 0) is 50.2 Å². The van der Waals surface area contributed by atoms with Crippen LogP contribution in [0.2, 0.25) is 0 Å². The molecule has 92 valence electrons. The van der Waals surface area contributed by atoms with Gasteiger partial charge >= 0.3 is 0 Å². The number of benzene rings is 1. The predicted octanol–water partition coefficient (Wildman–Crippen LogP) is 2.53. The maximum atomic E-state index is 5.70. The highest BCUT2D eigenvalue weighted by Crippen LogP contribution is 2.15. The highest BCUT2D eigenvalue weighted by Gasteiger charge is 2.10. The van der Waals surface area contributed by atoms with Crippen molar-refractivity contribution in [3.05, 3.63) is 24.3 Å². The smallest absolute Gasteiger partial charge is 0.119 e. The normalized spacial score (nSPS) is 15.8. The molecule has 0 bridgehead atoms. The fourth-order valence-corrected chi connectivity index (χ4v) is 2.15. The Bertz CT molecular complexity index is 347. The lowest BCUT2D eigenvalue weighted by atomic mass is 10.3. The molecule has 0 spiro atoms. The zero-order chi connectivity index (χ0) is 11.9. The first-order valence-electron chi connectivity index (χ1n) is 6.04. The first kappa shape index (κ1) is 12.3. The summed E-state index contributed by atoms with van der Waals surface area (Å²) in [5.74, 6) is 0.916. The molecule has 1 heterocycles. The minimum Gasteiger partial charge on any atom is -0.492 e. The van der Waals surface area contributed by atoms with Crippen LogP contribution in [-0.4, -0.2) is 36.6 Å². The van der Waals surface area contributed by atoms with E-state index >= 15 is 0 Å². The van der Waals surface area contributed by atoms with Crippen molar-refractivity contribution in [2.24, 2.45) is 0 Å². The van der Waals surface area contributed by atoms with Gasteiger partial charge < -0.3 is 10.1 Å². The Morgan fingerprint density at radius 3 is 2.59 bits per heavy atom. The van der Waals surface area contributed by atoms with Gasteiger partial charge in [-0.3, -0.25) is 4.90 Å². The molecule has 0 saturated carbocycles. The van der Waals surface area contributed by atoms with Gasteiger partial charge in [0.2, 0.25) is 0 Å². The second-order valence-electron chi connectivity index (χ2n) is 4.18. The number of rotatable bonds is 6. The summed E-state index contributed by atoms with van der Waals surface area (Å²) in [6, 6.07) is 7.86. The Balaban J connectivity index is 1.72. The van der Waals surface area contributed by atoms with Crippen LogP contribution in [-0.2, 0) is 0 Å². The van der Waals surface area contributed by atoms with E-state index in [0.29, 0.717) is 0 Å². The fourth-order valence-electron chi connectivity index (χ4n) is 2.01. The Morgan fingerprint density at radius 1 is 1.24 bits per heavy atom. The Kier molecular flexibility index (Phi) is 4.76. The third kappa shape index (κ3) is 3.98. The van der Waals surface area contributed by atoms with E-state index in [1.165, 1.54) is 31.4 Å². The Hall–Kier alpha value is -1.13. The molecular formula is C13H18N2OS. The molecular weight excluding hydrogens is 232 g/mol. The molecule has 0 aromatic heterocycles. The molecule has 17 heavy (non-hydrogen) atoms. The van der Waals surface area contributed by atoms with E-state index < -0.39 is 0 Å². The summed E-state index contributed by atoms with van der Waals surface area (Å²) in [6.45, 7) is 4.24. The maximum absolute atomic E-state index is 5.70. The van der Waals surface area contributed by atoms with Crippen molar-refractivity contribution < 1.29 is 4.74 Å². The van der Waals surface area contributed by atoms with Gasteiger partial charge in [0, 0.05) is 12.2 Å². The average Bonchev–Trinajstić information content (AvgIpc) is 2.85. The third-order valence-electron chi connectivity index (χ3n) is 2.95. The number of hydrogen-bond donors (Lipinski definition) is 1. The molecule has 0 aliphatic carbocycles. The van der Waals surface area contributed by atoms with Crippen LogP contribution in [0.1, 0.15) is 12.8 Å². The van der Waals surface area contributed by atoms with Crippen molar-refractivity contribution in [3.63, 3.8) is 0 Å². The first-order chi connectivity index (χ1) is 8.38. The summed E-state index contributed by atoms with van der Waals surface area (Å²) in [7, 11) is 0. The van der Waals surface area contributed by atoms with Crippen molar-refractivity contribution in [2.75, 3.05) is 31.6 Å². The van der Waals surface area contributed by atoms with Crippen molar-refractivity contribution in [2.45, 2.75) is 12.8 Å². The summed E-state index contributed by atoms with van der Waals surface area (Å²) in [5.41, 5.74) is 2.50. The molecule has 1 aliphatic rings. The number of ether oxygens (including phenoxy) is 1. The molecule has 1 fully saturated rings. The van der Waals surface area contributed by atoms with Crippen molar-refractivity contribution >= 4 is 23.4 Å². The lowest BCUT2D eigenvalue weighted by Crippen LogP contribution is -2.25. The fraction of sp³-hybridized carbons (Fsp3) is 0.462. The number of likely N-dealkylation sites (tertiary alicyclic amines) is 1. The summed E-state index contributed by atoms with van der Waals surface area (Å²) in [5, 5.41) is 2.96. The van der Waals surface area contributed by atoms with E-state index in [-0.39, 0.29) is 0 Å². The minimum absolute atomic E-state index is 0.764. The maximum Gasteiger partial charge on any atom is 0.119 e. The quantitative estimate of drug-likeness (QED) is 0.784. The molecule has 0 radical (unpaired) electrons. The van der Waals surface area contributed by atoms with Crippen LogP contribution >= 0.6 is 12.2 Å². The molecule has 1 N–H and O–H groups in total. The summed E-state index contributed by atoms with van der Waals surface area (Å²) < 4.78 is 5.70. The molecule has 0 amide bonds. The van der Waals surface area contributed by atoms with Crippen LogP contribution in [0.25, 0.3) is 0 Å². The zero-order valence-corrected chi connectivity index (χ0v) is 10.7. The summed E-state index contributed by atoms with van der Waals surface area (Å²) >= 11 is 4.73. The lowest BCUT2D eigenvalue weighted by molar-refractivity contribution is 0.238. The molecule has 1 aromatic rings. The second-order valence-corrected chi connectivity index (χ2v) is 4.42. The molecule has 1 aromatic carbocycles. The molecule has 4 heteroatoms. The van der Waals surface area contributed by atoms with E-state index in [2.05, 4.69) is 10.2 Å². The number of anilines is 1. The number of nitrogens with one attached hydrogen (secondary N) is 1. The Morgan fingerprint density at radius 2 is 1.94 bits per heavy atom. The van der Waals surface area contributed by atoms with Crippen molar-refractivity contribution in [3.8, 4) is 5.75 Å². The number of nitrogens with zero attached hydrogens (tertiary/aromatic N) is 1. The van der Waals surface area contributed by atoms with E-state index in [1.807, 2.05) is 24.3 Å². The first-order valence-corrected chi connectivity index (χ1v) is 6.51. The van der Waals surface area contributed by atoms with Gasteiger partial charge in [-0.25, -0.2) is 0 Å². The van der Waals surface area contributed by atoms with Gasteiger partial charge in [0.05, 0.1) is 5.49 Å². The topological polar surface area (TPSA) is 24.5 Å². The highest BCUT2D eigenvalue weighted by molar-refractivity contribution is 7.79. The monoisotopic (exact) mass is 250 g/mol. The van der Waals surface area contributed by atoms with Gasteiger partial charge in [0.25, 0.3) is 0 Å². The zero-order valence-electron chi connectivity index (χ0n) is 9.89. The average molecular weight is 250 g/mol. The van der Waals surface area contributed by atoms with Gasteiger partial charge in [0.15, 0.2) is 0 Å². The van der Waals surface area contributed by atoms with Crippen molar-refractivity contribution in [1.29, 1.82) is 0 Å². The van der Waals surface area contributed by atoms with E-state index in [4.69, 9.17) is 17.0 Å². The van der Waals surface area contributed by atoms with Crippen LogP contribution in [0.5, 0.6) is 5.75 Å². The van der Waals surface area contributed by atoms with Gasteiger partial charge in [-0.1, -0.05) is 12.2 Å². The van der Waals surface area contributed by atoms with Crippen molar-refractivity contribution in [1.82, 2.24) is 4.90 Å². The molecule has 0 unspecified atom stereocenters. The van der Waals surface area contributed by atoms with Crippen LogP contribution in [0.4, 0.5) is 5.69 Å². The molecule has 0 atom stereocenters. The molecule has 3 nitrogen and oxygen atoms in total. The van der Waals surface area contributed by atoms with E-state index in [0.717, 1.165) is 24.6 Å².